The van der Waals surface area contributed by atoms with Crippen LogP contribution in [0.4, 0.5) is 5.69 Å². The van der Waals surface area contributed by atoms with Gasteiger partial charge in [-0.1, -0.05) is 70.5 Å². The molecule has 3 heterocycles. The first-order chi connectivity index (χ1) is 23.1. The molecule has 1 unspecified atom stereocenters. The summed E-state index contributed by atoms with van der Waals surface area (Å²) in [6.07, 6.45) is 3.87. The van der Waals surface area contributed by atoms with Crippen LogP contribution >= 0.6 is 15.9 Å². The van der Waals surface area contributed by atoms with Crippen LogP contribution in [0.2, 0.25) is 0 Å². The average molecular weight is 723 g/mol. The highest BCUT2D eigenvalue weighted by molar-refractivity contribution is 9.09. The number of fused-ring (bicyclic) bond motifs is 1. The number of alkyl halides is 1. The highest BCUT2D eigenvalue weighted by Crippen LogP contribution is 2.60. The number of aliphatic hydroxyl groups is 1. The van der Waals surface area contributed by atoms with E-state index in [1.807, 2.05) is 62.4 Å². The van der Waals surface area contributed by atoms with Gasteiger partial charge in [-0.15, -0.1) is 13.2 Å². The standard InChI is InChI=1S/C37H44BrN3O7/c1-5-7-14-29(43)47-22-27(25-12-9-8-10-13-25)39-34(44)30-31-35(45)41(18-11-19-42)33(37(31)21-26(38)32(30)48-37)36(46)40(17-6-2)28-20-23(3)15-16-24(28)4/h5-6,8-10,12-13,15-16,20,26-27,30-33,42H,1-2,7,11,14,17-19,21-22H2,3-4H3,(H,39,44)/t26?,27-,30+,31-,32+,33+,37-/m1/s1. The van der Waals surface area contributed by atoms with Crippen molar-refractivity contribution in [2.24, 2.45) is 11.8 Å². The first-order valence-electron chi connectivity index (χ1n) is 16.4. The van der Waals surface area contributed by atoms with Crippen LogP contribution in [0.25, 0.3) is 0 Å². The molecule has 3 fully saturated rings. The number of nitrogens with one attached hydrogen (secondary N) is 1. The zero-order valence-electron chi connectivity index (χ0n) is 27.5. The first kappa shape index (κ1) is 35.5. The van der Waals surface area contributed by atoms with Gasteiger partial charge in [0.2, 0.25) is 11.8 Å². The zero-order chi connectivity index (χ0) is 34.6. The van der Waals surface area contributed by atoms with Crippen molar-refractivity contribution in [2.75, 3.05) is 31.2 Å². The van der Waals surface area contributed by atoms with Gasteiger partial charge in [-0.25, -0.2) is 0 Å². The highest BCUT2D eigenvalue weighted by atomic mass is 79.9. The summed E-state index contributed by atoms with van der Waals surface area (Å²) < 4.78 is 12.2. The lowest BCUT2D eigenvalue weighted by molar-refractivity contribution is -0.145. The number of hydrogen-bond acceptors (Lipinski definition) is 7. The van der Waals surface area contributed by atoms with E-state index in [0.29, 0.717) is 18.5 Å². The van der Waals surface area contributed by atoms with Gasteiger partial charge in [0.15, 0.2) is 0 Å². The Labute approximate surface area is 290 Å². The SMILES string of the molecule is C=CCCC(=O)OC[C@@H](NC(=O)[C@@H]1[C@H]2O[C@@]3(CC2Br)[C@H](C(=O)N(CC=C)c2cc(C)ccc2C)N(CCCO)C(=O)[C@@H]13)c1ccccc1. The summed E-state index contributed by atoms with van der Waals surface area (Å²) >= 11 is 3.73. The number of aliphatic hydroxyl groups excluding tert-OH is 1. The number of halogens is 1. The van der Waals surface area contributed by atoms with Gasteiger partial charge in [0.05, 0.1) is 24.0 Å². The molecule has 2 N–H and O–H groups in total. The number of allylic oxidation sites excluding steroid dienone is 1. The van der Waals surface area contributed by atoms with Crippen LogP contribution in [-0.2, 0) is 28.7 Å². The highest BCUT2D eigenvalue weighted by Gasteiger charge is 2.76. The van der Waals surface area contributed by atoms with Gasteiger partial charge in [0.1, 0.15) is 18.2 Å². The van der Waals surface area contributed by atoms with Gasteiger partial charge < -0.3 is 29.7 Å². The summed E-state index contributed by atoms with van der Waals surface area (Å²) in [6, 6.07) is 13.3. The fourth-order valence-corrected chi connectivity index (χ4v) is 8.37. The molecule has 2 bridgehead atoms. The Morgan fingerprint density at radius 2 is 1.94 bits per heavy atom. The van der Waals surface area contributed by atoms with Gasteiger partial charge in [-0.05, 0) is 55.9 Å². The minimum atomic E-state index is -1.28. The predicted octanol–water partition coefficient (Wildman–Crippen LogP) is 4.32. The fraction of sp³-hybridized carbons (Fsp3) is 0.459. The van der Waals surface area contributed by atoms with E-state index in [2.05, 4.69) is 34.4 Å². The van der Waals surface area contributed by atoms with Crippen molar-refractivity contribution in [3.05, 3.63) is 90.5 Å². The minimum absolute atomic E-state index is 0.0957. The summed E-state index contributed by atoms with van der Waals surface area (Å²) in [5, 5.41) is 12.8. The van der Waals surface area contributed by atoms with Gasteiger partial charge in [0.25, 0.3) is 5.91 Å². The number of likely N-dealkylation sites (tertiary alicyclic amines) is 1. The van der Waals surface area contributed by atoms with Crippen molar-refractivity contribution in [1.29, 1.82) is 0 Å². The maximum absolute atomic E-state index is 14.8. The third-order valence-corrected chi connectivity index (χ3v) is 10.4. The molecule has 2 aromatic rings. The molecular formula is C37H44BrN3O7. The second-order valence-electron chi connectivity index (χ2n) is 12.8. The van der Waals surface area contributed by atoms with Crippen LogP contribution < -0.4 is 10.2 Å². The molecule has 7 atom stereocenters. The molecule has 3 aliphatic heterocycles. The Bertz CT molecular complexity index is 1550. The number of benzene rings is 2. The van der Waals surface area contributed by atoms with Crippen molar-refractivity contribution in [3.8, 4) is 0 Å². The lowest BCUT2D eigenvalue weighted by Gasteiger charge is -2.37. The topological polar surface area (TPSA) is 125 Å². The number of amides is 3. The van der Waals surface area contributed by atoms with Gasteiger partial charge >= 0.3 is 5.97 Å². The normalized spacial score (nSPS) is 26.1. The number of carbonyl (C=O) groups excluding carboxylic acids is 4. The second kappa shape index (κ2) is 15.2. The largest absolute Gasteiger partial charge is 0.463 e. The average Bonchev–Trinajstić information content (AvgIpc) is 3.67. The minimum Gasteiger partial charge on any atom is -0.463 e. The third kappa shape index (κ3) is 6.73. The molecule has 5 rings (SSSR count). The molecule has 0 radical (unpaired) electrons. The maximum atomic E-state index is 14.8. The number of carbonyl (C=O) groups is 4. The number of ether oxygens (including phenoxy) is 2. The van der Waals surface area contributed by atoms with E-state index in [0.717, 1.165) is 16.7 Å². The van der Waals surface area contributed by atoms with Crippen LogP contribution in [0.3, 0.4) is 0 Å². The smallest absolute Gasteiger partial charge is 0.306 e. The molecule has 3 aliphatic rings. The molecule has 256 valence electrons. The fourth-order valence-electron chi connectivity index (χ4n) is 7.43. The summed E-state index contributed by atoms with van der Waals surface area (Å²) in [6.45, 7) is 11.5. The first-order valence-corrected chi connectivity index (χ1v) is 17.3. The van der Waals surface area contributed by atoms with E-state index in [1.54, 1.807) is 17.1 Å². The van der Waals surface area contributed by atoms with E-state index in [4.69, 9.17) is 9.47 Å². The van der Waals surface area contributed by atoms with Crippen molar-refractivity contribution in [1.82, 2.24) is 10.2 Å². The van der Waals surface area contributed by atoms with E-state index in [-0.39, 0.29) is 55.8 Å². The number of hydrogen-bond donors (Lipinski definition) is 2. The van der Waals surface area contributed by atoms with Crippen molar-refractivity contribution in [2.45, 2.75) is 68.1 Å². The summed E-state index contributed by atoms with van der Waals surface area (Å²) in [4.78, 5) is 58.7. The van der Waals surface area contributed by atoms with Gasteiger partial charge in [-0.3, -0.25) is 19.2 Å². The predicted molar refractivity (Wildman–Crippen MR) is 185 cm³/mol. The molecular weight excluding hydrogens is 678 g/mol. The maximum Gasteiger partial charge on any atom is 0.306 e. The molecule has 3 saturated heterocycles. The number of esters is 1. The van der Waals surface area contributed by atoms with Crippen molar-refractivity contribution >= 4 is 45.3 Å². The van der Waals surface area contributed by atoms with Crippen LogP contribution in [0.5, 0.6) is 0 Å². The lowest BCUT2D eigenvalue weighted by Crippen LogP contribution is -2.57. The van der Waals surface area contributed by atoms with Crippen LogP contribution in [0.15, 0.2) is 73.8 Å². The summed E-state index contributed by atoms with van der Waals surface area (Å²) in [7, 11) is 0. The molecule has 2 aromatic carbocycles. The number of anilines is 1. The number of rotatable bonds is 15. The summed E-state index contributed by atoms with van der Waals surface area (Å²) in [5.41, 5.74) is 2.03. The monoisotopic (exact) mass is 721 g/mol. The number of nitrogens with zero attached hydrogens (tertiary/aromatic N) is 2. The molecule has 1 spiro atoms. The Kier molecular flexibility index (Phi) is 11.2. The Hall–Kier alpha value is -3.80. The van der Waals surface area contributed by atoms with E-state index < -0.39 is 47.5 Å². The van der Waals surface area contributed by atoms with E-state index >= 15 is 0 Å². The molecule has 0 saturated carbocycles. The second-order valence-corrected chi connectivity index (χ2v) is 14.0. The molecule has 3 amide bonds. The van der Waals surface area contributed by atoms with Gasteiger partial charge in [-0.2, -0.15) is 0 Å². The van der Waals surface area contributed by atoms with Crippen molar-refractivity contribution in [3.63, 3.8) is 0 Å². The molecule has 10 nitrogen and oxygen atoms in total. The lowest BCUT2D eigenvalue weighted by atomic mass is 9.70. The van der Waals surface area contributed by atoms with Crippen LogP contribution in [-0.4, -0.2) is 82.6 Å². The van der Waals surface area contributed by atoms with Crippen molar-refractivity contribution < 1.29 is 33.8 Å². The van der Waals surface area contributed by atoms with Crippen LogP contribution in [0.1, 0.15) is 48.4 Å². The Morgan fingerprint density at radius 3 is 2.62 bits per heavy atom. The molecule has 0 aliphatic carbocycles. The van der Waals surface area contributed by atoms with Crippen LogP contribution in [0, 0.1) is 25.7 Å². The van der Waals surface area contributed by atoms with E-state index in [1.165, 1.54) is 4.90 Å². The molecule has 0 aromatic heterocycles. The van der Waals surface area contributed by atoms with Gasteiger partial charge in [0, 0.05) is 36.6 Å². The Morgan fingerprint density at radius 1 is 1.19 bits per heavy atom. The quantitative estimate of drug-likeness (QED) is 0.160. The summed E-state index contributed by atoms with van der Waals surface area (Å²) in [5.74, 6) is -3.36. The third-order valence-electron chi connectivity index (χ3n) is 9.60. The zero-order valence-corrected chi connectivity index (χ0v) is 29.1. The van der Waals surface area contributed by atoms with E-state index in [9.17, 15) is 24.3 Å². The Balaban J connectivity index is 1.49. The number of aryl methyl sites for hydroxylation is 2. The molecule has 11 heteroatoms. The molecule has 48 heavy (non-hydrogen) atoms.